The number of phenols is 2. The molecule has 0 aliphatic heterocycles. The molecule has 0 saturated carbocycles. The van der Waals surface area contributed by atoms with Crippen molar-refractivity contribution in [3.8, 4) is 11.5 Å². The summed E-state index contributed by atoms with van der Waals surface area (Å²) in [5.41, 5.74) is 1.77. The van der Waals surface area contributed by atoms with E-state index in [0.29, 0.717) is 12.0 Å². The van der Waals surface area contributed by atoms with Gasteiger partial charge < -0.3 is 20.0 Å². The van der Waals surface area contributed by atoms with Crippen LogP contribution in [-0.4, -0.2) is 20.0 Å². The summed E-state index contributed by atoms with van der Waals surface area (Å²) in [5.74, 6) is 0.113. The molecule has 0 fully saturated rings. The van der Waals surface area contributed by atoms with E-state index in [9.17, 15) is 14.8 Å². The van der Waals surface area contributed by atoms with Gasteiger partial charge in [-0.3, -0.25) is 5.09 Å². The fourth-order valence-electron chi connectivity index (χ4n) is 2.28. The quantitative estimate of drug-likeness (QED) is 0.541. The predicted octanol–water partition coefficient (Wildman–Crippen LogP) is 2.95. The molecule has 5 N–H and O–H groups in total. The van der Waals surface area contributed by atoms with E-state index in [1.807, 2.05) is 13.0 Å². The summed E-state index contributed by atoms with van der Waals surface area (Å²) in [5, 5.41) is 21.1. The molecule has 0 amide bonds. The van der Waals surface area contributed by atoms with Crippen LogP contribution in [0.4, 0.5) is 5.69 Å². The summed E-state index contributed by atoms with van der Waals surface area (Å²) >= 11 is 0. The lowest BCUT2D eigenvalue weighted by Gasteiger charge is -2.17. The number of aromatic hydroxyl groups is 2. The fraction of sp³-hybridized carbons (Fsp3) is 0.200. The Bertz CT molecular complexity index is 713. The molecule has 2 aromatic carbocycles. The largest absolute Gasteiger partial charge is 0.508 e. The second-order valence-corrected chi connectivity index (χ2v) is 6.51. The molecule has 0 bridgehead atoms. The summed E-state index contributed by atoms with van der Waals surface area (Å²) in [4.78, 5) is 18.1. The van der Waals surface area contributed by atoms with Crippen LogP contribution in [-0.2, 0) is 11.0 Å². The number of nitrogens with one attached hydrogen (secondary N) is 1. The van der Waals surface area contributed by atoms with Gasteiger partial charge in [0.05, 0.1) is 5.69 Å². The molecule has 0 saturated heterocycles. The van der Waals surface area contributed by atoms with Gasteiger partial charge in [0, 0.05) is 6.07 Å². The second-order valence-electron chi connectivity index (χ2n) is 5.20. The van der Waals surface area contributed by atoms with E-state index in [4.69, 9.17) is 9.79 Å². The van der Waals surface area contributed by atoms with Gasteiger partial charge in [0.2, 0.25) is 0 Å². The van der Waals surface area contributed by atoms with E-state index in [1.165, 1.54) is 12.1 Å². The zero-order chi connectivity index (χ0) is 16.3. The highest BCUT2D eigenvalue weighted by molar-refractivity contribution is 7.53. The summed E-state index contributed by atoms with van der Waals surface area (Å²) in [6.45, 7) is 1.95. The first-order valence-corrected chi connectivity index (χ1v) is 8.30. The maximum atomic E-state index is 11.1. The second kappa shape index (κ2) is 6.40. The zero-order valence-corrected chi connectivity index (χ0v) is 12.9. The Morgan fingerprint density at radius 1 is 1.09 bits per heavy atom. The maximum absolute atomic E-state index is 11.1. The highest BCUT2D eigenvalue weighted by atomic mass is 31.2. The molecule has 0 aliphatic carbocycles. The van der Waals surface area contributed by atoms with Crippen molar-refractivity contribution in [3.63, 3.8) is 0 Å². The smallest absolute Gasteiger partial charge is 0.427 e. The topological polar surface area (TPSA) is 110 Å². The Hall–Kier alpha value is -2.01. The molecule has 1 unspecified atom stereocenters. The van der Waals surface area contributed by atoms with Crippen LogP contribution in [0.3, 0.4) is 0 Å². The number of anilines is 1. The van der Waals surface area contributed by atoms with Crippen molar-refractivity contribution >= 4 is 13.4 Å². The van der Waals surface area contributed by atoms with E-state index in [1.54, 1.807) is 24.3 Å². The summed E-state index contributed by atoms with van der Waals surface area (Å²) in [6, 6.07) is 11.2. The molecule has 0 aliphatic rings. The molecule has 22 heavy (non-hydrogen) atoms. The Labute approximate surface area is 128 Å². The minimum atomic E-state index is -4.46. The lowest BCUT2D eigenvalue weighted by Crippen LogP contribution is -2.03. The number of hydrogen-bond acceptors (Lipinski definition) is 3. The van der Waals surface area contributed by atoms with Crippen molar-refractivity contribution in [2.45, 2.75) is 19.3 Å². The van der Waals surface area contributed by atoms with Crippen LogP contribution in [0.2, 0.25) is 0 Å². The molecule has 2 aromatic rings. The van der Waals surface area contributed by atoms with Gasteiger partial charge in [0.25, 0.3) is 0 Å². The highest BCUT2D eigenvalue weighted by Gasteiger charge is 2.17. The van der Waals surface area contributed by atoms with Crippen LogP contribution >= 0.6 is 7.75 Å². The van der Waals surface area contributed by atoms with Crippen LogP contribution in [0.15, 0.2) is 42.5 Å². The van der Waals surface area contributed by atoms with E-state index >= 15 is 0 Å². The normalized spacial score (nSPS) is 12.9. The Balaban J connectivity index is 2.27. The van der Waals surface area contributed by atoms with Crippen LogP contribution in [0, 0.1) is 0 Å². The van der Waals surface area contributed by atoms with Gasteiger partial charge >= 0.3 is 7.75 Å². The van der Waals surface area contributed by atoms with Crippen molar-refractivity contribution in [3.05, 3.63) is 53.6 Å². The number of hydrogen-bond donors (Lipinski definition) is 5. The monoisotopic (exact) mass is 323 g/mol. The summed E-state index contributed by atoms with van der Waals surface area (Å²) in [7, 11) is -4.46. The van der Waals surface area contributed by atoms with Crippen molar-refractivity contribution < 1.29 is 24.6 Å². The van der Waals surface area contributed by atoms with Crippen molar-refractivity contribution in [1.29, 1.82) is 0 Å². The third kappa shape index (κ3) is 4.49. The number of benzene rings is 2. The molecule has 7 heteroatoms. The summed E-state index contributed by atoms with van der Waals surface area (Å²) < 4.78 is 11.1. The van der Waals surface area contributed by atoms with Gasteiger partial charge in [0.15, 0.2) is 0 Å². The van der Waals surface area contributed by atoms with E-state index in [2.05, 4.69) is 5.09 Å². The van der Waals surface area contributed by atoms with Crippen LogP contribution in [0.25, 0.3) is 0 Å². The van der Waals surface area contributed by atoms with E-state index in [0.717, 1.165) is 5.56 Å². The SMILES string of the molecule is CC(Cc1ccc(O)cc1NP(=O)(O)O)c1cccc(O)c1. The molecule has 0 heterocycles. The lowest BCUT2D eigenvalue weighted by atomic mass is 9.93. The Morgan fingerprint density at radius 2 is 1.77 bits per heavy atom. The Morgan fingerprint density at radius 3 is 2.41 bits per heavy atom. The van der Waals surface area contributed by atoms with Crippen molar-refractivity contribution in [2.75, 3.05) is 5.09 Å². The first-order chi connectivity index (χ1) is 10.2. The molecule has 0 spiro atoms. The third-order valence-electron chi connectivity index (χ3n) is 3.32. The standard InChI is InChI=1S/C15H18NO5P/c1-10(11-3-2-4-13(17)8-11)7-12-5-6-14(18)9-15(12)16-22(19,20)21/h2-6,8-10,17-18H,7H2,1H3,(H3,16,19,20,21). The lowest BCUT2D eigenvalue weighted by molar-refractivity contribution is 0.380. The highest BCUT2D eigenvalue weighted by Crippen LogP contribution is 2.39. The van der Waals surface area contributed by atoms with Gasteiger partial charge in [-0.1, -0.05) is 25.1 Å². The first-order valence-electron chi connectivity index (χ1n) is 6.69. The first kappa shape index (κ1) is 16.4. The van der Waals surface area contributed by atoms with E-state index < -0.39 is 7.75 Å². The van der Waals surface area contributed by atoms with Crippen LogP contribution < -0.4 is 5.09 Å². The Kier molecular flexibility index (Phi) is 4.76. The van der Waals surface area contributed by atoms with Gasteiger partial charge in [-0.25, -0.2) is 4.57 Å². The van der Waals surface area contributed by atoms with Gasteiger partial charge in [-0.05, 0) is 41.7 Å². The zero-order valence-electron chi connectivity index (χ0n) is 12.0. The van der Waals surface area contributed by atoms with Crippen LogP contribution in [0.1, 0.15) is 24.0 Å². The molecule has 6 nitrogen and oxygen atoms in total. The average Bonchev–Trinajstić information content (AvgIpc) is 2.40. The molecule has 1 atom stereocenters. The van der Waals surface area contributed by atoms with Crippen molar-refractivity contribution in [1.82, 2.24) is 0 Å². The molecule has 118 valence electrons. The maximum Gasteiger partial charge on any atom is 0.427 e. The van der Waals surface area contributed by atoms with E-state index in [-0.39, 0.29) is 23.1 Å². The summed E-state index contributed by atoms with van der Waals surface area (Å²) in [6.07, 6.45) is 0.492. The fourth-order valence-corrected chi connectivity index (χ4v) is 2.80. The third-order valence-corrected chi connectivity index (χ3v) is 3.86. The molecular formula is C15H18NO5P. The minimum absolute atomic E-state index is 0.0222. The molecular weight excluding hydrogens is 305 g/mol. The van der Waals surface area contributed by atoms with Gasteiger partial charge in [-0.15, -0.1) is 0 Å². The van der Waals surface area contributed by atoms with Gasteiger partial charge in [-0.2, -0.15) is 0 Å². The van der Waals surface area contributed by atoms with Gasteiger partial charge in [0.1, 0.15) is 11.5 Å². The molecule has 0 radical (unpaired) electrons. The molecule has 2 rings (SSSR count). The minimum Gasteiger partial charge on any atom is -0.508 e. The number of phenolic OH excluding ortho intramolecular Hbond substituents is 2. The van der Waals surface area contributed by atoms with Crippen molar-refractivity contribution in [2.24, 2.45) is 0 Å². The number of rotatable bonds is 5. The van der Waals surface area contributed by atoms with Crippen LogP contribution in [0.5, 0.6) is 11.5 Å². The average molecular weight is 323 g/mol. The molecule has 0 aromatic heterocycles. The predicted molar refractivity (Wildman–Crippen MR) is 84.0 cm³/mol.